The number of rotatable bonds is 4. The lowest BCUT2D eigenvalue weighted by molar-refractivity contribution is 0.129. The minimum Gasteiger partial charge on any atom is -0.442 e. The molecule has 1 aromatic heterocycles. The van der Waals surface area contributed by atoms with Crippen LogP contribution in [0, 0.1) is 12.7 Å². The molecule has 1 fully saturated rings. The van der Waals surface area contributed by atoms with Gasteiger partial charge in [0, 0.05) is 0 Å². The fourth-order valence-electron chi connectivity index (χ4n) is 2.29. The quantitative estimate of drug-likeness (QED) is 0.838. The second-order valence-electron chi connectivity index (χ2n) is 5.22. The number of hydrogen-bond donors (Lipinski definition) is 0. The van der Waals surface area contributed by atoms with Crippen molar-refractivity contribution in [1.29, 1.82) is 0 Å². The summed E-state index contributed by atoms with van der Waals surface area (Å²) in [5, 5.41) is 6.90. The largest absolute Gasteiger partial charge is 0.442 e. The van der Waals surface area contributed by atoms with Crippen molar-refractivity contribution < 1.29 is 22.7 Å². The fourth-order valence-corrected chi connectivity index (χ4v) is 2.29. The molecule has 1 amide bonds. The van der Waals surface area contributed by atoms with Crippen molar-refractivity contribution in [3.05, 3.63) is 41.5 Å². The van der Waals surface area contributed by atoms with Crippen LogP contribution < -0.4 is 4.90 Å². The average molecular weight is 356 g/mol. The van der Waals surface area contributed by atoms with Gasteiger partial charge < -0.3 is 4.74 Å². The Kier molecular flexibility index (Phi) is 6.00. The topological polar surface area (TPSA) is 60.3 Å². The highest BCUT2D eigenvalue weighted by molar-refractivity contribution is 5.89. The number of ether oxygens (including phenoxy) is 1. The Labute approximate surface area is 143 Å². The van der Waals surface area contributed by atoms with Gasteiger partial charge in [-0.15, -0.1) is 5.10 Å². The molecule has 2 aromatic rings. The zero-order valence-electron chi connectivity index (χ0n) is 14.1. The molecule has 0 saturated carbocycles. The van der Waals surface area contributed by atoms with Crippen LogP contribution in [0.25, 0.3) is 0 Å². The molecular weight excluding hydrogens is 337 g/mol. The Morgan fingerprint density at radius 3 is 2.68 bits per heavy atom. The Hall–Kier alpha value is -2.58. The predicted molar refractivity (Wildman–Crippen MR) is 85.1 cm³/mol. The standard InChI is InChI=1S/C14H13F3N4O2.C2H6/c1-8-2-3-9(4-11(8)15)21-6-10(23-14(21)22)5-20-7-12(13(16)17)18-19-20;1-2/h2-4,7,10,13H,5-6H2,1H3;1-2H3. The van der Waals surface area contributed by atoms with E-state index < -0.39 is 30.1 Å². The Balaban J connectivity index is 0.00000109. The number of carbonyl (C=O) groups excluding carboxylic acids is 1. The molecule has 1 aliphatic heterocycles. The number of anilines is 1. The van der Waals surface area contributed by atoms with E-state index in [0.29, 0.717) is 11.3 Å². The summed E-state index contributed by atoms with van der Waals surface area (Å²) in [7, 11) is 0. The maximum absolute atomic E-state index is 13.6. The van der Waals surface area contributed by atoms with Crippen molar-refractivity contribution in [3.8, 4) is 0 Å². The molecule has 1 aliphatic rings. The van der Waals surface area contributed by atoms with E-state index in [2.05, 4.69) is 10.3 Å². The zero-order chi connectivity index (χ0) is 18.6. The molecule has 2 heterocycles. The summed E-state index contributed by atoms with van der Waals surface area (Å²) in [5.41, 5.74) is 0.416. The minimum absolute atomic E-state index is 0.0936. The van der Waals surface area contributed by atoms with Gasteiger partial charge in [-0.05, 0) is 24.6 Å². The third-order valence-corrected chi connectivity index (χ3v) is 3.51. The van der Waals surface area contributed by atoms with Crippen LogP contribution in [0.15, 0.2) is 24.4 Å². The van der Waals surface area contributed by atoms with Crippen LogP contribution in [0.2, 0.25) is 0 Å². The van der Waals surface area contributed by atoms with Gasteiger partial charge in [-0.1, -0.05) is 25.1 Å². The molecule has 0 N–H and O–H groups in total. The van der Waals surface area contributed by atoms with E-state index >= 15 is 0 Å². The second-order valence-corrected chi connectivity index (χ2v) is 5.22. The van der Waals surface area contributed by atoms with Crippen molar-refractivity contribution in [2.75, 3.05) is 11.4 Å². The number of amides is 1. The molecule has 0 radical (unpaired) electrons. The van der Waals surface area contributed by atoms with Gasteiger partial charge in [0.25, 0.3) is 6.43 Å². The normalized spacial score (nSPS) is 16.7. The summed E-state index contributed by atoms with van der Waals surface area (Å²) in [6.07, 6.45) is -2.80. The summed E-state index contributed by atoms with van der Waals surface area (Å²) in [6.45, 7) is 5.89. The van der Waals surface area contributed by atoms with Crippen LogP contribution in [0.1, 0.15) is 31.5 Å². The highest BCUT2D eigenvalue weighted by Gasteiger charge is 2.33. The average Bonchev–Trinajstić information content (AvgIpc) is 3.19. The maximum atomic E-state index is 13.6. The fraction of sp³-hybridized carbons (Fsp3) is 0.438. The number of nitrogens with zero attached hydrogens (tertiary/aromatic N) is 4. The molecule has 136 valence electrons. The van der Waals surface area contributed by atoms with E-state index in [9.17, 15) is 18.0 Å². The first-order chi connectivity index (χ1) is 11.9. The van der Waals surface area contributed by atoms with E-state index in [-0.39, 0.29) is 13.1 Å². The summed E-state index contributed by atoms with van der Waals surface area (Å²) in [4.78, 5) is 13.2. The molecule has 3 rings (SSSR count). The van der Waals surface area contributed by atoms with Crippen LogP contribution in [-0.2, 0) is 11.3 Å². The Morgan fingerprint density at radius 1 is 1.36 bits per heavy atom. The number of carbonyl (C=O) groups is 1. The summed E-state index contributed by atoms with van der Waals surface area (Å²) < 4.78 is 44.9. The van der Waals surface area contributed by atoms with Crippen LogP contribution in [0.3, 0.4) is 0 Å². The van der Waals surface area contributed by atoms with Gasteiger partial charge in [0.1, 0.15) is 17.6 Å². The molecule has 1 saturated heterocycles. The van der Waals surface area contributed by atoms with E-state index in [1.807, 2.05) is 13.8 Å². The van der Waals surface area contributed by atoms with Gasteiger partial charge >= 0.3 is 6.09 Å². The Bertz CT molecular complexity index is 736. The van der Waals surface area contributed by atoms with Crippen LogP contribution in [0.4, 0.5) is 23.7 Å². The van der Waals surface area contributed by atoms with Gasteiger partial charge in [-0.3, -0.25) is 4.90 Å². The molecule has 9 heteroatoms. The van der Waals surface area contributed by atoms with Gasteiger partial charge in [-0.2, -0.15) is 0 Å². The highest BCUT2D eigenvalue weighted by Crippen LogP contribution is 2.24. The van der Waals surface area contributed by atoms with Gasteiger partial charge in [0.05, 0.1) is 25.0 Å². The van der Waals surface area contributed by atoms with Gasteiger partial charge in [0.2, 0.25) is 0 Å². The smallest absolute Gasteiger partial charge is 0.414 e. The molecular formula is C16H19F3N4O2. The van der Waals surface area contributed by atoms with Crippen molar-refractivity contribution in [3.63, 3.8) is 0 Å². The summed E-state index contributed by atoms with van der Waals surface area (Å²) in [6, 6.07) is 4.44. The number of halogens is 3. The monoisotopic (exact) mass is 356 g/mol. The molecule has 6 nitrogen and oxygen atoms in total. The second kappa shape index (κ2) is 8.00. The van der Waals surface area contributed by atoms with E-state index in [4.69, 9.17) is 4.74 Å². The number of aryl methyl sites for hydroxylation is 1. The van der Waals surface area contributed by atoms with E-state index in [1.54, 1.807) is 19.1 Å². The lowest BCUT2D eigenvalue weighted by atomic mass is 10.2. The minimum atomic E-state index is -2.71. The third kappa shape index (κ3) is 4.28. The zero-order valence-corrected chi connectivity index (χ0v) is 14.1. The molecule has 1 unspecified atom stereocenters. The first-order valence-electron chi connectivity index (χ1n) is 7.86. The number of alkyl halides is 2. The molecule has 1 atom stereocenters. The lowest BCUT2D eigenvalue weighted by Gasteiger charge is -2.13. The molecule has 0 spiro atoms. The summed E-state index contributed by atoms with van der Waals surface area (Å²) in [5.74, 6) is -0.420. The highest BCUT2D eigenvalue weighted by atomic mass is 19.3. The molecule has 25 heavy (non-hydrogen) atoms. The van der Waals surface area contributed by atoms with Crippen molar-refractivity contribution >= 4 is 11.8 Å². The lowest BCUT2D eigenvalue weighted by Crippen LogP contribution is -2.26. The van der Waals surface area contributed by atoms with Crippen LogP contribution in [0.5, 0.6) is 0 Å². The van der Waals surface area contributed by atoms with Gasteiger partial charge in [0.15, 0.2) is 0 Å². The number of hydrogen-bond acceptors (Lipinski definition) is 4. The van der Waals surface area contributed by atoms with Crippen molar-refractivity contribution in [2.24, 2.45) is 0 Å². The maximum Gasteiger partial charge on any atom is 0.414 e. The van der Waals surface area contributed by atoms with Crippen LogP contribution >= 0.6 is 0 Å². The van der Waals surface area contributed by atoms with Crippen molar-refractivity contribution in [1.82, 2.24) is 15.0 Å². The first-order valence-corrected chi connectivity index (χ1v) is 7.86. The first kappa shape index (κ1) is 18.8. The molecule has 0 bridgehead atoms. The Morgan fingerprint density at radius 2 is 2.08 bits per heavy atom. The number of cyclic esters (lactones) is 1. The summed E-state index contributed by atoms with van der Waals surface area (Å²) >= 11 is 0. The van der Waals surface area contributed by atoms with Gasteiger partial charge in [-0.25, -0.2) is 22.6 Å². The van der Waals surface area contributed by atoms with Crippen molar-refractivity contribution in [2.45, 2.75) is 39.8 Å². The number of aromatic nitrogens is 3. The van der Waals surface area contributed by atoms with E-state index in [0.717, 1.165) is 6.20 Å². The van der Waals surface area contributed by atoms with Crippen LogP contribution in [-0.4, -0.2) is 33.7 Å². The number of benzene rings is 1. The SMILES string of the molecule is CC.Cc1ccc(N2CC(Cn3cc(C(F)F)nn3)OC2=O)cc1F. The molecule has 1 aromatic carbocycles. The predicted octanol–water partition coefficient (Wildman–Crippen LogP) is 3.71. The third-order valence-electron chi connectivity index (χ3n) is 3.51. The molecule has 0 aliphatic carbocycles. The van der Waals surface area contributed by atoms with E-state index in [1.165, 1.54) is 15.6 Å².